The maximum absolute atomic E-state index is 10.9. The predicted octanol–water partition coefficient (Wildman–Crippen LogP) is 8.99. The molecule has 4 nitrogen and oxygen atoms in total. The molecular formula is C35H69KO4S. The number of allylic oxidation sites excluding steroid dienone is 1. The zero-order valence-electron chi connectivity index (χ0n) is 28.0. The van der Waals surface area contributed by atoms with Crippen LogP contribution in [0.3, 0.4) is 0 Å². The van der Waals surface area contributed by atoms with Crippen LogP contribution in [0.5, 0.6) is 0 Å². The van der Waals surface area contributed by atoms with Crippen LogP contribution in [0.4, 0.5) is 0 Å². The molecule has 0 aliphatic heterocycles. The van der Waals surface area contributed by atoms with E-state index in [4.69, 9.17) is 0 Å². The van der Waals surface area contributed by atoms with Gasteiger partial charge in [0.15, 0.2) is 0 Å². The second kappa shape index (κ2) is 35.7. The van der Waals surface area contributed by atoms with E-state index in [2.05, 4.69) is 30.2 Å². The summed E-state index contributed by atoms with van der Waals surface area (Å²) in [6, 6.07) is 0. The van der Waals surface area contributed by atoms with E-state index < -0.39 is 10.4 Å². The molecule has 6 heteroatoms. The molecule has 0 aliphatic carbocycles. The second-order valence-corrected chi connectivity index (χ2v) is 13.3. The summed E-state index contributed by atoms with van der Waals surface area (Å²) >= 11 is 0. The molecule has 0 aliphatic rings. The average Bonchev–Trinajstić information content (AvgIpc) is 2.93. The smallest absolute Gasteiger partial charge is 0.726 e. The Bertz CT molecular complexity index is 624. The van der Waals surface area contributed by atoms with Crippen molar-refractivity contribution in [2.45, 2.75) is 200 Å². The van der Waals surface area contributed by atoms with E-state index >= 15 is 0 Å². The van der Waals surface area contributed by atoms with Gasteiger partial charge in [0.2, 0.25) is 10.4 Å². The van der Waals surface area contributed by atoms with Crippen LogP contribution in [0.25, 0.3) is 0 Å². The maximum atomic E-state index is 10.9. The van der Waals surface area contributed by atoms with Gasteiger partial charge in [-0.2, -0.15) is 0 Å². The predicted molar refractivity (Wildman–Crippen MR) is 174 cm³/mol. The molecule has 0 fully saturated rings. The Morgan fingerprint density at radius 1 is 0.537 bits per heavy atom. The van der Waals surface area contributed by atoms with Crippen molar-refractivity contribution in [3.8, 4) is 0 Å². The summed E-state index contributed by atoms with van der Waals surface area (Å²) < 4.78 is 37.4. The Labute approximate surface area is 300 Å². The first-order valence-electron chi connectivity index (χ1n) is 17.8. The third-order valence-electron chi connectivity index (χ3n) is 8.24. The Hall–Kier alpha value is 1.25. The third kappa shape index (κ3) is 39.2. The van der Waals surface area contributed by atoms with E-state index in [-0.39, 0.29) is 63.9 Å². The fraction of sp³-hybridized carbons (Fsp3) is 0.943. The van der Waals surface area contributed by atoms with Crippen molar-refractivity contribution >= 4 is 10.4 Å². The van der Waals surface area contributed by atoms with E-state index in [0.717, 1.165) is 19.3 Å². The minimum atomic E-state index is -4.62. The van der Waals surface area contributed by atoms with Gasteiger partial charge in [0, 0.05) is 5.92 Å². The van der Waals surface area contributed by atoms with Gasteiger partial charge in [-0.25, -0.2) is 8.42 Å². The molecule has 0 rings (SSSR count). The van der Waals surface area contributed by atoms with Crippen LogP contribution in [0.1, 0.15) is 200 Å². The van der Waals surface area contributed by atoms with E-state index in [0.29, 0.717) is 0 Å². The van der Waals surface area contributed by atoms with Crippen LogP contribution in [-0.2, 0) is 14.6 Å². The van der Waals surface area contributed by atoms with Crippen molar-refractivity contribution in [3.05, 3.63) is 12.2 Å². The number of hydrogen-bond donors (Lipinski definition) is 0. The number of hydrogen-bond acceptors (Lipinski definition) is 4. The second-order valence-electron chi connectivity index (χ2n) is 12.3. The molecule has 0 aromatic rings. The molecule has 0 aromatic heterocycles. The maximum Gasteiger partial charge on any atom is 1.00 e. The molecule has 0 saturated heterocycles. The first-order chi connectivity index (χ1) is 19.5. The Morgan fingerprint density at radius 2 is 0.854 bits per heavy atom. The minimum absolute atomic E-state index is 0. The summed E-state index contributed by atoms with van der Waals surface area (Å²) in [5.74, 6) is 0.0170. The van der Waals surface area contributed by atoms with Crippen molar-refractivity contribution < 1.29 is 68.5 Å². The molecule has 1 unspecified atom stereocenters. The van der Waals surface area contributed by atoms with Gasteiger partial charge in [-0.3, -0.25) is 4.18 Å². The Morgan fingerprint density at radius 3 is 1.20 bits per heavy atom. The summed E-state index contributed by atoms with van der Waals surface area (Å²) in [5.41, 5.74) is 0. The van der Waals surface area contributed by atoms with Gasteiger partial charge in [0.05, 0.1) is 6.61 Å². The van der Waals surface area contributed by atoms with E-state index in [1.54, 1.807) is 0 Å². The zero-order valence-corrected chi connectivity index (χ0v) is 31.9. The monoisotopic (exact) mass is 624 g/mol. The summed E-state index contributed by atoms with van der Waals surface area (Å²) in [5, 5.41) is 0. The van der Waals surface area contributed by atoms with Crippen LogP contribution >= 0.6 is 0 Å². The van der Waals surface area contributed by atoms with Gasteiger partial charge in [0.1, 0.15) is 0 Å². The van der Waals surface area contributed by atoms with Crippen molar-refractivity contribution in [1.29, 1.82) is 0 Å². The largest absolute Gasteiger partial charge is 1.00 e. The summed E-state index contributed by atoms with van der Waals surface area (Å²) in [6.45, 7) is 4.52. The molecule has 0 amide bonds. The fourth-order valence-electron chi connectivity index (χ4n) is 5.58. The van der Waals surface area contributed by atoms with Crippen LogP contribution in [-0.4, -0.2) is 19.6 Å². The Kier molecular flexibility index (Phi) is 38.7. The van der Waals surface area contributed by atoms with Gasteiger partial charge in [-0.1, -0.05) is 193 Å². The van der Waals surface area contributed by atoms with E-state index in [1.165, 1.54) is 167 Å². The minimum Gasteiger partial charge on any atom is -0.726 e. The molecule has 1 atom stereocenters. The van der Waals surface area contributed by atoms with E-state index in [9.17, 15) is 13.0 Å². The molecule has 0 N–H and O–H groups in total. The molecule has 240 valence electrons. The van der Waals surface area contributed by atoms with Gasteiger partial charge in [-0.05, 0) is 19.3 Å². The first-order valence-corrected chi connectivity index (χ1v) is 19.1. The first kappa shape index (κ1) is 44.4. The molecule has 0 saturated carbocycles. The van der Waals surface area contributed by atoms with Crippen molar-refractivity contribution in [3.63, 3.8) is 0 Å². The summed E-state index contributed by atoms with van der Waals surface area (Å²) in [6.07, 6.45) is 42.4. The summed E-state index contributed by atoms with van der Waals surface area (Å²) in [4.78, 5) is 0. The van der Waals surface area contributed by atoms with Gasteiger partial charge in [-0.15, -0.1) is 0 Å². The molecule has 0 spiro atoms. The molecule has 0 bridgehead atoms. The van der Waals surface area contributed by atoms with Crippen molar-refractivity contribution in [2.75, 3.05) is 6.61 Å². The third-order valence-corrected chi connectivity index (χ3v) is 8.66. The standard InChI is InChI=1S/C35H70O4S.K/c1-3-5-7-9-11-13-15-16-17-18-19-20-21-23-25-27-29-31-33-35(34-39-40(36,37)38)32-30-28-26-24-22-14-12-10-8-6-4-2;/h31,33,35H,3-30,32,34H2,1-2H3,(H,36,37,38);/q;+1/p-1/b33-31+;. The topological polar surface area (TPSA) is 66.4 Å². The summed E-state index contributed by atoms with van der Waals surface area (Å²) in [7, 11) is -4.62. The van der Waals surface area contributed by atoms with Gasteiger partial charge < -0.3 is 4.55 Å². The van der Waals surface area contributed by atoms with Crippen LogP contribution in [0, 0.1) is 5.92 Å². The van der Waals surface area contributed by atoms with Crippen LogP contribution in [0.2, 0.25) is 0 Å². The molecular weight excluding hydrogens is 556 g/mol. The molecule has 41 heavy (non-hydrogen) atoms. The SMILES string of the molecule is CCCCCCCCCCCCCCCCCC/C=C/C(CCCCCCCCCCCCC)COS(=O)(=O)[O-].[K+]. The Balaban J connectivity index is 0. The van der Waals surface area contributed by atoms with Crippen LogP contribution in [0.15, 0.2) is 12.2 Å². The molecule has 0 heterocycles. The molecule has 0 radical (unpaired) electrons. The van der Waals surface area contributed by atoms with Crippen molar-refractivity contribution in [2.24, 2.45) is 5.92 Å². The number of unbranched alkanes of at least 4 members (excludes halogenated alkanes) is 26. The normalized spacial score (nSPS) is 12.7. The van der Waals surface area contributed by atoms with Crippen molar-refractivity contribution in [1.82, 2.24) is 0 Å². The molecule has 0 aromatic carbocycles. The average molecular weight is 625 g/mol. The number of rotatable bonds is 33. The zero-order chi connectivity index (χ0) is 29.4. The van der Waals surface area contributed by atoms with Crippen LogP contribution < -0.4 is 51.4 Å². The fourth-order valence-corrected chi connectivity index (χ4v) is 5.92. The van der Waals surface area contributed by atoms with Gasteiger partial charge >= 0.3 is 51.4 Å². The van der Waals surface area contributed by atoms with Gasteiger partial charge in [0.25, 0.3) is 0 Å². The van der Waals surface area contributed by atoms with E-state index in [1.807, 2.05) is 0 Å². The quantitative estimate of drug-likeness (QED) is 0.0240.